The number of aliphatic imine (C=N–C) groups is 2. The molecule has 0 aliphatic carbocycles. The van der Waals surface area contributed by atoms with Gasteiger partial charge in [0.1, 0.15) is 5.69 Å². The number of pyridine rings is 1. The molecular formula is C18H26N6O2. The summed E-state index contributed by atoms with van der Waals surface area (Å²) >= 11 is 0. The van der Waals surface area contributed by atoms with Crippen LogP contribution in [0.5, 0.6) is 5.88 Å². The predicted octanol–water partition coefficient (Wildman–Crippen LogP) is 1.20. The van der Waals surface area contributed by atoms with Gasteiger partial charge in [0.25, 0.3) is 0 Å². The number of hydrogen-bond donors (Lipinski definition) is 1. The lowest BCUT2D eigenvalue weighted by atomic mass is 10.1. The van der Waals surface area contributed by atoms with E-state index in [0.717, 1.165) is 45.1 Å². The molecule has 1 aromatic rings. The van der Waals surface area contributed by atoms with Gasteiger partial charge in [-0.15, -0.1) is 0 Å². The molecule has 2 N–H and O–H groups in total. The molecule has 26 heavy (non-hydrogen) atoms. The molecule has 3 rings (SSSR count). The Bertz CT molecular complexity index is 691. The molecule has 8 nitrogen and oxygen atoms in total. The van der Waals surface area contributed by atoms with Gasteiger partial charge in [-0.1, -0.05) is 6.08 Å². The number of anilines is 1. The highest BCUT2D eigenvalue weighted by atomic mass is 16.5. The van der Waals surface area contributed by atoms with Crippen LogP contribution in [-0.4, -0.2) is 74.6 Å². The number of allylic oxidation sites excluding steroid dienone is 2. The molecule has 0 unspecified atom stereocenters. The minimum Gasteiger partial charge on any atom is -0.479 e. The lowest BCUT2D eigenvalue weighted by molar-refractivity contribution is -0.0660. The quantitative estimate of drug-likeness (QED) is 0.629. The maximum Gasteiger partial charge on any atom is 0.239 e. The molecule has 0 amide bonds. The minimum absolute atomic E-state index is 0.154. The van der Waals surface area contributed by atoms with Crippen LogP contribution >= 0.6 is 0 Å². The molecule has 3 heterocycles. The van der Waals surface area contributed by atoms with E-state index in [-0.39, 0.29) is 5.96 Å². The largest absolute Gasteiger partial charge is 0.479 e. The van der Waals surface area contributed by atoms with Gasteiger partial charge in [0, 0.05) is 32.4 Å². The molecular weight excluding hydrogens is 332 g/mol. The average molecular weight is 358 g/mol. The van der Waals surface area contributed by atoms with E-state index in [9.17, 15) is 0 Å². The number of rotatable bonds is 5. The van der Waals surface area contributed by atoms with Gasteiger partial charge < -0.3 is 20.1 Å². The van der Waals surface area contributed by atoms with Gasteiger partial charge in [0.2, 0.25) is 11.8 Å². The molecule has 0 bridgehead atoms. The fourth-order valence-electron chi connectivity index (χ4n) is 2.99. The topological polar surface area (TPSA) is 88.6 Å². The molecule has 2 saturated heterocycles. The Morgan fingerprint density at radius 3 is 2.69 bits per heavy atom. The van der Waals surface area contributed by atoms with Gasteiger partial charge in [-0.3, -0.25) is 4.90 Å². The zero-order chi connectivity index (χ0) is 18.4. The number of nitrogens with two attached hydrogens (primary N) is 1. The molecule has 140 valence electrons. The Morgan fingerprint density at radius 2 is 2.08 bits per heavy atom. The summed E-state index contributed by atoms with van der Waals surface area (Å²) < 4.78 is 10.8. The molecule has 0 spiro atoms. The highest BCUT2D eigenvalue weighted by molar-refractivity contribution is 5.91. The summed E-state index contributed by atoms with van der Waals surface area (Å²) in [7, 11) is 1.62. The average Bonchev–Trinajstić information content (AvgIpc) is 2.61. The van der Waals surface area contributed by atoms with Crippen molar-refractivity contribution < 1.29 is 9.47 Å². The number of guanidine groups is 1. The Hall–Kier alpha value is -2.45. The van der Waals surface area contributed by atoms with E-state index in [1.54, 1.807) is 19.4 Å². The standard InChI is InChI=1S/C18H26N6O2/c1-3-4-7-20-18(19)22-16-6-5-15(17(21-16)25-2)24-10-8-23(9-11-24)14-12-26-13-14/h3-7,14H,8-13H2,1-2H3,(H2,19,21,22)/b4-3+,20-7+. The lowest BCUT2D eigenvalue weighted by Crippen LogP contribution is -2.56. The van der Waals surface area contributed by atoms with E-state index < -0.39 is 0 Å². The normalized spacial score (nSPS) is 20.1. The molecule has 0 atom stereocenters. The number of nitrogens with zero attached hydrogens (tertiary/aromatic N) is 5. The molecule has 2 aliphatic heterocycles. The fraction of sp³-hybridized carbons (Fsp3) is 0.500. The van der Waals surface area contributed by atoms with Crippen molar-refractivity contribution in [3.63, 3.8) is 0 Å². The van der Waals surface area contributed by atoms with Crippen LogP contribution in [0.15, 0.2) is 34.3 Å². The van der Waals surface area contributed by atoms with E-state index in [0.29, 0.717) is 17.7 Å². The highest BCUT2D eigenvalue weighted by Crippen LogP contribution is 2.30. The molecule has 0 saturated carbocycles. The van der Waals surface area contributed by atoms with Crippen molar-refractivity contribution >= 4 is 23.7 Å². The lowest BCUT2D eigenvalue weighted by Gasteiger charge is -2.43. The third kappa shape index (κ3) is 4.39. The molecule has 2 aliphatic rings. The Morgan fingerprint density at radius 1 is 1.31 bits per heavy atom. The summed E-state index contributed by atoms with van der Waals surface area (Å²) in [6.45, 7) is 7.53. The second kappa shape index (κ2) is 8.77. The molecule has 0 aromatic carbocycles. The van der Waals surface area contributed by atoms with Gasteiger partial charge in [-0.05, 0) is 25.1 Å². The van der Waals surface area contributed by atoms with Crippen LogP contribution in [0.4, 0.5) is 11.5 Å². The Labute approximate surface area is 154 Å². The van der Waals surface area contributed by atoms with E-state index in [2.05, 4.69) is 24.8 Å². The van der Waals surface area contributed by atoms with Crippen LogP contribution in [0.3, 0.4) is 0 Å². The SMILES string of the molecule is C/C=C/C=N/C(N)=Nc1ccc(N2CCN(C3COC3)CC2)c(OC)n1. The van der Waals surface area contributed by atoms with Crippen LogP contribution < -0.4 is 15.4 Å². The maximum atomic E-state index is 5.79. The van der Waals surface area contributed by atoms with Crippen LogP contribution in [0.2, 0.25) is 0 Å². The van der Waals surface area contributed by atoms with Crippen molar-refractivity contribution in [2.75, 3.05) is 51.4 Å². The summed E-state index contributed by atoms with van der Waals surface area (Å²) in [6.07, 6.45) is 5.25. The van der Waals surface area contributed by atoms with Gasteiger partial charge in [0.15, 0.2) is 5.82 Å². The monoisotopic (exact) mass is 358 g/mol. The van der Waals surface area contributed by atoms with Gasteiger partial charge in [-0.2, -0.15) is 9.98 Å². The van der Waals surface area contributed by atoms with Crippen molar-refractivity contribution in [3.8, 4) is 5.88 Å². The van der Waals surface area contributed by atoms with Crippen molar-refractivity contribution in [2.45, 2.75) is 13.0 Å². The van der Waals surface area contributed by atoms with E-state index >= 15 is 0 Å². The van der Waals surface area contributed by atoms with Gasteiger partial charge in [-0.25, -0.2) is 4.99 Å². The van der Waals surface area contributed by atoms with E-state index in [4.69, 9.17) is 15.2 Å². The van der Waals surface area contributed by atoms with Gasteiger partial charge in [0.05, 0.1) is 26.4 Å². The number of aromatic nitrogens is 1. The van der Waals surface area contributed by atoms with Crippen molar-refractivity contribution in [3.05, 3.63) is 24.3 Å². The van der Waals surface area contributed by atoms with Crippen molar-refractivity contribution in [2.24, 2.45) is 15.7 Å². The van der Waals surface area contributed by atoms with Crippen molar-refractivity contribution in [1.29, 1.82) is 0 Å². The molecule has 2 fully saturated rings. The summed E-state index contributed by atoms with van der Waals surface area (Å²) in [5.74, 6) is 1.18. The predicted molar refractivity (Wildman–Crippen MR) is 104 cm³/mol. The number of piperazine rings is 1. The van der Waals surface area contributed by atoms with Crippen LogP contribution in [-0.2, 0) is 4.74 Å². The molecule has 1 aromatic heterocycles. The Kier molecular flexibility index (Phi) is 6.19. The molecule has 8 heteroatoms. The number of ether oxygens (including phenoxy) is 2. The van der Waals surface area contributed by atoms with Crippen LogP contribution in [0, 0.1) is 0 Å². The first-order valence-corrected chi connectivity index (χ1v) is 8.82. The summed E-state index contributed by atoms with van der Waals surface area (Å²) in [6, 6.07) is 4.40. The Balaban J connectivity index is 1.68. The molecule has 0 radical (unpaired) electrons. The van der Waals surface area contributed by atoms with E-state index in [1.807, 2.05) is 25.1 Å². The first kappa shape index (κ1) is 18.3. The zero-order valence-electron chi connectivity index (χ0n) is 15.3. The first-order chi connectivity index (χ1) is 12.7. The smallest absolute Gasteiger partial charge is 0.239 e. The second-order valence-electron chi connectivity index (χ2n) is 6.19. The first-order valence-electron chi connectivity index (χ1n) is 8.82. The summed E-state index contributed by atoms with van der Waals surface area (Å²) in [4.78, 5) is 17.5. The maximum absolute atomic E-state index is 5.79. The number of hydrogen-bond acceptors (Lipinski definition) is 6. The van der Waals surface area contributed by atoms with Crippen LogP contribution in [0.1, 0.15) is 6.92 Å². The second-order valence-corrected chi connectivity index (χ2v) is 6.19. The summed E-state index contributed by atoms with van der Waals surface area (Å²) in [5.41, 5.74) is 6.77. The summed E-state index contributed by atoms with van der Waals surface area (Å²) in [5, 5.41) is 0. The van der Waals surface area contributed by atoms with E-state index in [1.165, 1.54) is 0 Å². The number of methoxy groups -OCH3 is 1. The zero-order valence-corrected chi connectivity index (χ0v) is 15.3. The van der Waals surface area contributed by atoms with Crippen LogP contribution in [0.25, 0.3) is 0 Å². The highest BCUT2D eigenvalue weighted by Gasteiger charge is 2.29. The van der Waals surface area contributed by atoms with Gasteiger partial charge >= 0.3 is 0 Å². The third-order valence-electron chi connectivity index (χ3n) is 4.53. The fourth-order valence-corrected chi connectivity index (χ4v) is 2.99. The third-order valence-corrected chi connectivity index (χ3v) is 4.53. The van der Waals surface area contributed by atoms with Crippen molar-refractivity contribution in [1.82, 2.24) is 9.88 Å². The minimum atomic E-state index is 0.154.